The molecule has 4 rings (SSSR count). The van der Waals surface area contributed by atoms with Crippen molar-refractivity contribution in [2.75, 3.05) is 18.5 Å². The third-order valence-corrected chi connectivity index (χ3v) is 5.26. The molecule has 29 heavy (non-hydrogen) atoms. The lowest BCUT2D eigenvalue weighted by Crippen LogP contribution is -2.30. The van der Waals surface area contributed by atoms with Gasteiger partial charge in [0.05, 0.1) is 11.8 Å². The summed E-state index contributed by atoms with van der Waals surface area (Å²) in [7, 11) is 0. The molecule has 0 unspecified atom stereocenters. The highest BCUT2D eigenvalue weighted by molar-refractivity contribution is 5.73. The van der Waals surface area contributed by atoms with Crippen LogP contribution in [0.5, 0.6) is 0 Å². The number of hydrogen-bond donors (Lipinski definition) is 1. The number of benzene rings is 1. The maximum Gasteiger partial charge on any atom is 0.330 e. The minimum atomic E-state index is -0.613. The summed E-state index contributed by atoms with van der Waals surface area (Å²) in [4.78, 5) is 21.9. The number of aryl methyl sites for hydroxylation is 2. The first kappa shape index (κ1) is 19.1. The van der Waals surface area contributed by atoms with Crippen molar-refractivity contribution in [3.63, 3.8) is 0 Å². The number of anilines is 2. The Morgan fingerprint density at radius 2 is 2.14 bits per heavy atom. The summed E-state index contributed by atoms with van der Waals surface area (Å²) >= 11 is 0. The van der Waals surface area contributed by atoms with E-state index < -0.39 is 5.82 Å². The molecule has 150 valence electrons. The van der Waals surface area contributed by atoms with E-state index in [-0.39, 0.29) is 23.2 Å². The van der Waals surface area contributed by atoms with Gasteiger partial charge in [0.25, 0.3) is 0 Å². The standard InChI is InChI=1S/C20H21FN6O2/c1-3-26-17-11-23-19(24-16-9-15(21)13(10-22)8-12(16)2)25-18(17)27(20(26)28)14-4-6-29-7-5-14/h8-9,11,14H,3-7H2,1-2H3,(H,23,24,25). The number of rotatable bonds is 4. The highest BCUT2D eigenvalue weighted by Crippen LogP contribution is 2.26. The molecular formula is C20H21FN6O2. The van der Waals surface area contributed by atoms with Crippen molar-refractivity contribution in [2.24, 2.45) is 0 Å². The van der Waals surface area contributed by atoms with E-state index in [2.05, 4.69) is 15.3 Å². The number of hydrogen-bond acceptors (Lipinski definition) is 6. The summed E-state index contributed by atoms with van der Waals surface area (Å²) in [6.07, 6.45) is 3.10. The number of fused-ring (bicyclic) bond motifs is 1. The molecule has 0 atom stereocenters. The zero-order chi connectivity index (χ0) is 20.5. The van der Waals surface area contributed by atoms with Crippen LogP contribution < -0.4 is 11.0 Å². The maximum atomic E-state index is 14.0. The van der Waals surface area contributed by atoms with Crippen molar-refractivity contribution < 1.29 is 9.13 Å². The van der Waals surface area contributed by atoms with Crippen LogP contribution in [0.3, 0.4) is 0 Å². The number of nitrogens with one attached hydrogen (secondary N) is 1. The molecule has 8 nitrogen and oxygen atoms in total. The topological polar surface area (TPSA) is 97.8 Å². The highest BCUT2D eigenvalue weighted by atomic mass is 19.1. The molecule has 0 amide bonds. The molecule has 1 aromatic carbocycles. The largest absolute Gasteiger partial charge is 0.381 e. The van der Waals surface area contributed by atoms with Gasteiger partial charge in [-0.3, -0.25) is 9.13 Å². The van der Waals surface area contributed by atoms with Crippen LogP contribution >= 0.6 is 0 Å². The van der Waals surface area contributed by atoms with Gasteiger partial charge < -0.3 is 10.1 Å². The van der Waals surface area contributed by atoms with Crippen LogP contribution in [-0.4, -0.2) is 32.3 Å². The van der Waals surface area contributed by atoms with Crippen LogP contribution in [-0.2, 0) is 11.3 Å². The molecular weight excluding hydrogens is 375 g/mol. The van der Waals surface area contributed by atoms with Gasteiger partial charge in [-0.2, -0.15) is 10.2 Å². The van der Waals surface area contributed by atoms with Gasteiger partial charge in [0.2, 0.25) is 5.95 Å². The van der Waals surface area contributed by atoms with E-state index in [0.717, 1.165) is 12.8 Å². The fourth-order valence-corrected chi connectivity index (χ4v) is 3.72. The van der Waals surface area contributed by atoms with Crippen molar-refractivity contribution in [2.45, 2.75) is 39.3 Å². The molecule has 0 aliphatic carbocycles. The van der Waals surface area contributed by atoms with E-state index in [0.29, 0.717) is 42.2 Å². The van der Waals surface area contributed by atoms with Gasteiger partial charge in [0, 0.05) is 31.5 Å². The van der Waals surface area contributed by atoms with Crippen LogP contribution in [0.1, 0.15) is 36.9 Å². The fourth-order valence-electron chi connectivity index (χ4n) is 3.72. The number of nitrogens with zero attached hydrogens (tertiary/aromatic N) is 5. The van der Waals surface area contributed by atoms with Gasteiger partial charge in [0.1, 0.15) is 17.4 Å². The second-order valence-corrected chi connectivity index (χ2v) is 7.03. The summed E-state index contributed by atoms with van der Waals surface area (Å²) < 4.78 is 22.8. The Bertz CT molecular complexity index is 1170. The third-order valence-electron chi connectivity index (χ3n) is 5.26. The summed E-state index contributed by atoms with van der Waals surface area (Å²) in [5.74, 6) is -0.350. The van der Waals surface area contributed by atoms with E-state index in [9.17, 15) is 9.18 Å². The van der Waals surface area contributed by atoms with E-state index in [4.69, 9.17) is 10.00 Å². The average molecular weight is 396 g/mol. The summed E-state index contributed by atoms with van der Waals surface area (Å²) in [5.41, 5.74) is 2.25. The van der Waals surface area contributed by atoms with Gasteiger partial charge in [0.15, 0.2) is 5.65 Å². The first-order chi connectivity index (χ1) is 14.0. The zero-order valence-corrected chi connectivity index (χ0v) is 16.3. The van der Waals surface area contributed by atoms with Crippen molar-refractivity contribution >= 4 is 22.8 Å². The lowest BCUT2D eigenvalue weighted by atomic mass is 10.1. The maximum absolute atomic E-state index is 14.0. The Morgan fingerprint density at radius 3 is 2.83 bits per heavy atom. The third kappa shape index (κ3) is 3.36. The Balaban J connectivity index is 1.79. The molecule has 1 aliphatic heterocycles. The smallest absolute Gasteiger partial charge is 0.330 e. The Morgan fingerprint density at radius 1 is 1.38 bits per heavy atom. The molecule has 2 aromatic heterocycles. The molecule has 1 N–H and O–H groups in total. The van der Waals surface area contributed by atoms with Gasteiger partial charge in [-0.05, 0) is 44.4 Å². The quantitative estimate of drug-likeness (QED) is 0.728. The van der Waals surface area contributed by atoms with Gasteiger partial charge in [-0.15, -0.1) is 0 Å². The molecule has 1 saturated heterocycles. The second-order valence-electron chi connectivity index (χ2n) is 7.03. The molecule has 1 aliphatic rings. The lowest BCUT2D eigenvalue weighted by molar-refractivity contribution is 0.0694. The van der Waals surface area contributed by atoms with Crippen molar-refractivity contribution in [1.82, 2.24) is 19.1 Å². The average Bonchev–Trinajstić information content (AvgIpc) is 3.01. The monoisotopic (exact) mass is 396 g/mol. The summed E-state index contributed by atoms with van der Waals surface area (Å²) in [6.45, 7) is 5.41. The van der Waals surface area contributed by atoms with Crippen LogP contribution in [0.2, 0.25) is 0 Å². The van der Waals surface area contributed by atoms with Crippen LogP contribution in [0.4, 0.5) is 16.0 Å². The SMILES string of the molecule is CCn1c(=O)n(C2CCOCC2)c2nc(Nc3cc(F)c(C#N)cc3C)ncc21. The van der Waals surface area contributed by atoms with Crippen LogP contribution in [0.25, 0.3) is 11.2 Å². The molecule has 0 radical (unpaired) electrons. The van der Waals surface area contributed by atoms with E-state index in [1.54, 1.807) is 22.3 Å². The molecule has 1 fully saturated rings. The Hall–Kier alpha value is -3.25. The summed E-state index contributed by atoms with van der Waals surface area (Å²) in [5, 5.41) is 12.0. The molecule has 0 bridgehead atoms. The second kappa shape index (κ2) is 7.64. The first-order valence-corrected chi connectivity index (χ1v) is 9.56. The fraction of sp³-hybridized carbons (Fsp3) is 0.400. The van der Waals surface area contributed by atoms with E-state index >= 15 is 0 Å². The van der Waals surface area contributed by atoms with E-state index in [1.165, 1.54) is 12.1 Å². The molecule has 0 saturated carbocycles. The Labute approximate surface area is 166 Å². The zero-order valence-electron chi connectivity index (χ0n) is 16.3. The van der Waals surface area contributed by atoms with E-state index in [1.807, 2.05) is 13.0 Å². The molecule has 0 spiro atoms. The number of imidazole rings is 1. The molecule has 3 heterocycles. The molecule has 9 heteroatoms. The number of halogens is 1. The minimum Gasteiger partial charge on any atom is -0.381 e. The van der Waals surface area contributed by atoms with Gasteiger partial charge >= 0.3 is 5.69 Å². The Kier molecular flexibility index (Phi) is 5.03. The van der Waals surface area contributed by atoms with Crippen molar-refractivity contribution in [3.8, 4) is 6.07 Å². The minimum absolute atomic E-state index is 0.0159. The predicted octanol–water partition coefficient (Wildman–Crippen LogP) is 3.03. The summed E-state index contributed by atoms with van der Waals surface area (Å²) in [6, 6.07) is 4.57. The lowest BCUT2D eigenvalue weighted by Gasteiger charge is -2.22. The normalized spacial score (nSPS) is 14.8. The van der Waals surface area contributed by atoms with Crippen molar-refractivity contribution in [3.05, 3.63) is 45.8 Å². The van der Waals surface area contributed by atoms with Gasteiger partial charge in [-0.25, -0.2) is 14.2 Å². The number of ether oxygens (including phenoxy) is 1. The van der Waals surface area contributed by atoms with Gasteiger partial charge in [-0.1, -0.05) is 0 Å². The first-order valence-electron chi connectivity index (χ1n) is 9.56. The number of aromatic nitrogens is 4. The number of nitriles is 1. The predicted molar refractivity (Wildman–Crippen MR) is 106 cm³/mol. The van der Waals surface area contributed by atoms with Crippen LogP contribution in [0, 0.1) is 24.1 Å². The van der Waals surface area contributed by atoms with Crippen molar-refractivity contribution in [1.29, 1.82) is 5.26 Å². The van der Waals surface area contributed by atoms with Crippen LogP contribution in [0.15, 0.2) is 23.1 Å². The molecule has 3 aromatic rings. The highest BCUT2D eigenvalue weighted by Gasteiger charge is 2.24.